The van der Waals surface area contributed by atoms with Gasteiger partial charge in [-0.1, -0.05) is 12.1 Å². The highest BCUT2D eigenvalue weighted by Gasteiger charge is 2.50. The molecule has 20 heavy (non-hydrogen) atoms. The van der Waals surface area contributed by atoms with Gasteiger partial charge < -0.3 is 0 Å². The zero-order valence-electron chi connectivity index (χ0n) is 11.8. The lowest BCUT2D eigenvalue weighted by Gasteiger charge is -2.55. The van der Waals surface area contributed by atoms with Crippen molar-refractivity contribution in [2.24, 2.45) is 29.6 Å². The largest absolute Gasteiger partial charge is 0.207 e. The minimum absolute atomic E-state index is 0.142. The van der Waals surface area contributed by atoms with Crippen molar-refractivity contribution in [3.05, 3.63) is 35.6 Å². The molecule has 4 saturated carbocycles. The van der Waals surface area contributed by atoms with E-state index in [4.69, 9.17) is 11.6 Å². The lowest BCUT2D eigenvalue weighted by atomic mass is 9.51. The van der Waals surface area contributed by atoms with Crippen LogP contribution in [0.15, 0.2) is 24.3 Å². The highest BCUT2D eigenvalue weighted by Crippen LogP contribution is 2.58. The Kier molecular flexibility index (Phi) is 3.29. The van der Waals surface area contributed by atoms with Crippen LogP contribution >= 0.6 is 11.6 Å². The second-order valence-electron chi connectivity index (χ2n) is 7.36. The molecule has 0 aliphatic heterocycles. The first-order valence-corrected chi connectivity index (χ1v) is 8.51. The predicted molar refractivity (Wildman–Crippen MR) is 80.3 cm³/mol. The molecule has 2 heteroatoms. The van der Waals surface area contributed by atoms with E-state index in [1.807, 2.05) is 6.07 Å². The summed E-state index contributed by atoms with van der Waals surface area (Å²) in [5.74, 6) is 4.22. The Morgan fingerprint density at radius 1 is 1.05 bits per heavy atom. The number of alkyl halides is 1. The first-order chi connectivity index (χ1) is 9.69. The van der Waals surface area contributed by atoms with Crippen LogP contribution in [0.3, 0.4) is 0 Å². The molecule has 1 atom stereocenters. The molecule has 5 rings (SSSR count). The average Bonchev–Trinajstić information content (AvgIpc) is 2.37. The van der Waals surface area contributed by atoms with Crippen LogP contribution in [0, 0.1) is 35.4 Å². The summed E-state index contributed by atoms with van der Waals surface area (Å²) in [5.41, 5.74) is 1.05. The van der Waals surface area contributed by atoms with Crippen molar-refractivity contribution < 1.29 is 4.39 Å². The second kappa shape index (κ2) is 5.02. The van der Waals surface area contributed by atoms with Gasteiger partial charge in [-0.05, 0) is 85.8 Å². The molecule has 0 N–H and O–H groups in total. The molecule has 4 fully saturated rings. The van der Waals surface area contributed by atoms with E-state index < -0.39 is 0 Å². The SMILES string of the molecule is Fc1cccc(CC(Cl)C2C3CC4CC(C3)CC2C4)c1. The zero-order valence-corrected chi connectivity index (χ0v) is 12.5. The maximum Gasteiger partial charge on any atom is 0.123 e. The summed E-state index contributed by atoms with van der Waals surface area (Å²) in [7, 11) is 0. The Balaban J connectivity index is 1.50. The van der Waals surface area contributed by atoms with E-state index in [1.165, 1.54) is 38.2 Å². The van der Waals surface area contributed by atoms with Crippen LogP contribution in [-0.2, 0) is 6.42 Å². The van der Waals surface area contributed by atoms with Crippen molar-refractivity contribution in [3.63, 3.8) is 0 Å². The van der Waals surface area contributed by atoms with Crippen LogP contribution in [0.25, 0.3) is 0 Å². The fourth-order valence-electron chi connectivity index (χ4n) is 5.58. The molecule has 0 amide bonds. The van der Waals surface area contributed by atoms with Crippen LogP contribution in [0.4, 0.5) is 4.39 Å². The van der Waals surface area contributed by atoms with Gasteiger partial charge in [0.05, 0.1) is 0 Å². The van der Waals surface area contributed by atoms with Crippen molar-refractivity contribution >= 4 is 11.6 Å². The third-order valence-corrected chi connectivity index (χ3v) is 6.48. The van der Waals surface area contributed by atoms with Crippen LogP contribution in [0.1, 0.15) is 37.7 Å². The van der Waals surface area contributed by atoms with E-state index in [0.29, 0.717) is 5.92 Å². The first kappa shape index (κ1) is 13.1. The zero-order chi connectivity index (χ0) is 13.7. The lowest BCUT2D eigenvalue weighted by Crippen LogP contribution is -2.48. The summed E-state index contributed by atoms with van der Waals surface area (Å²) in [6.07, 6.45) is 7.94. The van der Waals surface area contributed by atoms with E-state index in [1.54, 1.807) is 12.1 Å². The van der Waals surface area contributed by atoms with Crippen molar-refractivity contribution in [2.45, 2.75) is 43.9 Å². The van der Waals surface area contributed by atoms with Crippen LogP contribution in [-0.4, -0.2) is 5.38 Å². The minimum atomic E-state index is -0.142. The minimum Gasteiger partial charge on any atom is -0.207 e. The van der Waals surface area contributed by atoms with Crippen molar-refractivity contribution in [3.8, 4) is 0 Å². The highest BCUT2D eigenvalue weighted by molar-refractivity contribution is 6.21. The summed E-state index contributed by atoms with van der Waals surface area (Å²) < 4.78 is 13.3. The van der Waals surface area contributed by atoms with Gasteiger partial charge in [-0.25, -0.2) is 4.39 Å². The molecule has 4 aliphatic carbocycles. The topological polar surface area (TPSA) is 0 Å². The van der Waals surface area contributed by atoms with Gasteiger partial charge in [0, 0.05) is 5.38 Å². The summed E-state index contributed by atoms with van der Waals surface area (Å²) in [6.45, 7) is 0. The van der Waals surface area contributed by atoms with Gasteiger partial charge in [0.25, 0.3) is 0 Å². The molecule has 0 aromatic heterocycles. The predicted octanol–water partition coefficient (Wildman–Crippen LogP) is 5.05. The lowest BCUT2D eigenvalue weighted by molar-refractivity contribution is -0.0376. The number of benzene rings is 1. The Labute approximate surface area is 125 Å². The molecule has 0 nitrogen and oxygen atoms in total. The fraction of sp³-hybridized carbons (Fsp3) is 0.667. The van der Waals surface area contributed by atoms with Crippen LogP contribution in [0.2, 0.25) is 0 Å². The van der Waals surface area contributed by atoms with E-state index in [-0.39, 0.29) is 11.2 Å². The number of hydrogen-bond donors (Lipinski definition) is 0. The molecule has 4 bridgehead atoms. The number of hydrogen-bond acceptors (Lipinski definition) is 0. The standard InChI is InChI=1S/C18H22ClF/c19-17(10-11-2-1-3-16(20)9-11)18-14-5-12-4-13(7-14)8-15(18)6-12/h1-3,9,12-15,17-18H,4-8,10H2. The molecular weight excluding hydrogens is 271 g/mol. The summed E-state index contributed by atoms with van der Waals surface area (Å²) in [5, 5.41) is 0.187. The molecule has 4 aliphatic rings. The van der Waals surface area contributed by atoms with Gasteiger partial charge in [0.1, 0.15) is 5.82 Å². The molecular formula is C18H22ClF. The van der Waals surface area contributed by atoms with Crippen molar-refractivity contribution in [1.29, 1.82) is 0 Å². The van der Waals surface area contributed by atoms with Crippen LogP contribution < -0.4 is 0 Å². The van der Waals surface area contributed by atoms with Gasteiger partial charge in [0.2, 0.25) is 0 Å². The van der Waals surface area contributed by atoms with Gasteiger partial charge >= 0.3 is 0 Å². The number of rotatable bonds is 3. The average molecular weight is 293 g/mol. The maximum absolute atomic E-state index is 13.3. The molecule has 0 radical (unpaired) electrons. The monoisotopic (exact) mass is 292 g/mol. The maximum atomic E-state index is 13.3. The quantitative estimate of drug-likeness (QED) is 0.684. The van der Waals surface area contributed by atoms with E-state index in [2.05, 4.69) is 0 Å². The summed E-state index contributed by atoms with van der Waals surface area (Å²) in [4.78, 5) is 0. The first-order valence-electron chi connectivity index (χ1n) is 8.07. The highest BCUT2D eigenvalue weighted by atomic mass is 35.5. The molecule has 0 heterocycles. The van der Waals surface area contributed by atoms with Gasteiger partial charge in [-0.3, -0.25) is 0 Å². The Morgan fingerprint density at radius 3 is 2.30 bits per heavy atom. The van der Waals surface area contributed by atoms with Gasteiger partial charge in [-0.15, -0.1) is 11.6 Å². The molecule has 1 aromatic carbocycles. The molecule has 1 unspecified atom stereocenters. The smallest absolute Gasteiger partial charge is 0.123 e. The van der Waals surface area contributed by atoms with Gasteiger partial charge in [0.15, 0.2) is 0 Å². The Hall–Kier alpha value is -0.560. The van der Waals surface area contributed by atoms with Crippen molar-refractivity contribution in [1.82, 2.24) is 0 Å². The molecule has 108 valence electrons. The Bertz CT molecular complexity index is 470. The third-order valence-electron chi connectivity index (χ3n) is 6.04. The van der Waals surface area contributed by atoms with Gasteiger partial charge in [-0.2, -0.15) is 0 Å². The molecule has 0 saturated heterocycles. The summed E-state index contributed by atoms with van der Waals surface area (Å²) in [6, 6.07) is 6.96. The molecule has 0 spiro atoms. The normalized spacial score (nSPS) is 40.0. The summed E-state index contributed by atoms with van der Waals surface area (Å²) >= 11 is 6.79. The van der Waals surface area contributed by atoms with E-state index in [0.717, 1.165) is 35.7 Å². The van der Waals surface area contributed by atoms with E-state index in [9.17, 15) is 4.39 Å². The van der Waals surface area contributed by atoms with Crippen molar-refractivity contribution in [2.75, 3.05) is 0 Å². The third kappa shape index (κ3) is 2.28. The second-order valence-corrected chi connectivity index (χ2v) is 7.92. The number of halogens is 2. The Morgan fingerprint density at radius 2 is 1.70 bits per heavy atom. The molecule has 1 aromatic rings. The van der Waals surface area contributed by atoms with Crippen LogP contribution in [0.5, 0.6) is 0 Å². The van der Waals surface area contributed by atoms with E-state index >= 15 is 0 Å². The fourth-order valence-corrected chi connectivity index (χ4v) is 6.17.